The Morgan fingerprint density at radius 2 is 1.64 bits per heavy atom. The van der Waals surface area contributed by atoms with Crippen LogP contribution in [0.15, 0.2) is 66.2 Å². The number of ether oxygens (including phenoxy) is 1. The Hall–Kier alpha value is -4.26. The van der Waals surface area contributed by atoms with Gasteiger partial charge in [-0.25, -0.2) is 0 Å². The standard InChI is InChI=1S/C26H23NO6/c1-14-12-15(2)25(33-3)18(13-14)23(30)21-22(16-8-10-17(28)11-9-16)27(26(32)24(21)31)19-6-4-5-7-20(19)29/h4-13,22,28-30H,1-3H3/b23-21+. The van der Waals surface area contributed by atoms with Crippen molar-refractivity contribution in [1.29, 1.82) is 0 Å². The van der Waals surface area contributed by atoms with Crippen LogP contribution in [0.2, 0.25) is 0 Å². The summed E-state index contributed by atoms with van der Waals surface area (Å²) < 4.78 is 5.48. The van der Waals surface area contributed by atoms with Crippen LogP contribution < -0.4 is 9.64 Å². The number of rotatable bonds is 4. The van der Waals surface area contributed by atoms with Crippen molar-refractivity contribution in [2.45, 2.75) is 19.9 Å². The highest BCUT2D eigenvalue weighted by molar-refractivity contribution is 6.52. The maximum absolute atomic E-state index is 13.3. The Kier molecular flexibility index (Phi) is 5.55. The third kappa shape index (κ3) is 3.67. The highest BCUT2D eigenvalue weighted by atomic mass is 16.5. The molecule has 1 fully saturated rings. The van der Waals surface area contributed by atoms with Crippen molar-refractivity contribution >= 4 is 23.1 Å². The maximum atomic E-state index is 13.3. The van der Waals surface area contributed by atoms with Gasteiger partial charge in [-0.05, 0) is 60.9 Å². The van der Waals surface area contributed by atoms with Crippen molar-refractivity contribution in [3.63, 3.8) is 0 Å². The number of Topliss-reactive ketones (excluding diaryl/α,β-unsaturated/α-hetero) is 1. The maximum Gasteiger partial charge on any atom is 0.300 e. The number of aryl methyl sites for hydroxylation is 2. The number of para-hydroxylation sites is 2. The van der Waals surface area contributed by atoms with Gasteiger partial charge in [-0.2, -0.15) is 0 Å². The van der Waals surface area contributed by atoms with E-state index < -0.39 is 17.7 Å². The van der Waals surface area contributed by atoms with Crippen LogP contribution in [0, 0.1) is 13.8 Å². The summed E-state index contributed by atoms with van der Waals surface area (Å²) in [7, 11) is 1.46. The van der Waals surface area contributed by atoms with E-state index in [1.54, 1.807) is 30.3 Å². The zero-order chi connectivity index (χ0) is 23.9. The van der Waals surface area contributed by atoms with Gasteiger partial charge in [-0.3, -0.25) is 14.5 Å². The fraction of sp³-hybridized carbons (Fsp3) is 0.154. The average Bonchev–Trinajstić information content (AvgIpc) is 3.04. The van der Waals surface area contributed by atoms with Gasteiger partial charge in [0.2, 0.25) is 0 Å². The number of benzene rings is 3. The minimum Gasteiger partial charge on any atom is -0.508 e. The lowest BCUT2D eigenvalue weighted by Crippen LogP contribution is -2.29. The summed E-state index contributed by atoms with van der Waals surface area (Å²) in [5.41, 5.74) is 2.34. The molecule has 33 heavy (non-hydrogen) atoms. The lowest BCUT2D eigenvalue weighted by atomic mass is 9.93. The van der Waals surface area contributed by atoms with Crippen molar-refractivity contribution < 1.29 is 29.6 Å². The second kappa shape index (κ2) is 8.35. The molecule has 7 nitrogen and oxygen atoms in total. The first-order valence-electron chi connectivity index (χ1n) is 10.3. The number of ketones is 1. The van der Waals surface area contributed by atoms with Crippen LogP contribution in [0.5, 0.6) is 17.2 Å². The average molecular weight is 445 g/mol. The highest BCUT2D eigenvalue weighted by Crippen LogP contribution is 2.46. The van der Waals surface area contributed by atoms with Gasteiger partial charge in [0.25, 0.3) is 11.7 Å². The zero-order valence-electron chi connectivity index (χ0n) is 18.4. The number of anilines is 1. The summed E-state index contributed by atoms with van der Waals surface area (Å²) in [5, 5.41) is 31.6. The van der Waals surface area contributed by atoms with Crippen LogP contribution >= 0.6 is 0 Å². The van der Waals surface area contributed by atoms with Gasteiger partial charge in [0.05, 0.1) is 30.0 Å². The largest absolute Gasteiger partial charge is 0.508 e. The lowest BCUT2D eigenvalue weighted by Gasteiger charge is -2.26. The van der Waals surface area contributed by atoms with Crippen LogP contribution in [0.4, 0.5) is 5.69 Å². The molecule has 0 bridgehead atoms. The van der Waals surface area contributed by atoms with Gasteiger partial charge in [-0.15, -0.1) is 0 Å². The second-order valence-electron chi connectivity index (χ2n) is 7.91. The van der Waals surface area contributed by atoms with Crippen LogP contribution in [0.25, 0.3) is 5.76 Å². The van der Waals surface area contributed by atoms with Crippen molar-refractivity contribution in [1.82, 2.24) is 0 Å². The molecular weight excluding hydrogens is 422 g/mol. The molecule has 0 aromatic heterocycles. The van der Waals surface area contributed by atoms with Crippen LogP contribution in [0.3, 0.4) is 0 Å². The Labute approximate surface area is 190 Å². The Balaban J connectivity index is 2.03. The van der Waals surface area contributed by atoms with Gasteiger partial charge >= 0.3 is 0 Å². The number of nitrogens with zero attached hydrogens (tertiary/aromatic N) is 1. The summed E-state index contributed by atoms with van der Waals surface area (Å²) in [5.74, 6) is -1.96. The minimum absolute atomic E-state index is 0.00855. The molecule has 1 atom stereocenters. The Bertz CT molecular complexity index is 1290. The normalized spacial score (nSPS) is 17.4. The van der Waals surface area contributed by atoms with Crippen LogP contribution in [0.1, 0.15) is 28.3 Å². The first-order chi connectivity index (χ1) is 15.7. The number of aliphatic hydroxyl groups is 1. The van der Waals surface area contributed by atoms with E-state index in [-0.39, 0.29) is 34.1 Å². The number of phenols is 2. The molecule has 3 aromatic carbocycles. The monoisotopic (exact) mass is 445 g/mol. The number of hydrogen-bond acceptors (Lipinski definition) is 6. The first kappa shape index (κ1) is 22.0. The molecule has 0 radical (unpaired) electrons. The predicted molar refractivity (Wildman–Crippen MR) is 123 cm³/mol. The molecule has 0 aliphatic carbocycles. The lowest BCUT2D eigenvalue weighted by molar-refractivity contribution is -0.132. The fourth-order valence-electron chi connectivity index (χ4n) is 4.27. The summed E-state index contributed by atoms with van der Waals surface area (Å²) in [6.07, 6.45) is 0. The number of methoxy groups -OCH3 is 1. The number of carbonyl (C=O) groups is 2. The molecular formula is C26H23NO6. The van der Waals surface area contributed by atoms with Gasteiger partial charge in [0.1, 0.15) is 23.0 Å². The smallest absolute Gasteiger partial charge is 0.300 e. The molecule has 1 unspecified atom stereocenters. The molecule has 3 N–H and O–H groups in total. The number of phenolic OH excluding ortho intramolecular Hbond substituents is 2. The molecule has 1 heterocycles. The van der Waals surface area contributed by atoms with E-state index in [1.165, 1.54) is 31.4 Å². The van der Waals surface area contributed by atoms with Crippen molar-refractivity contribution in [2.24, 2.45) is 0 Å². The molecule has 4 rings (SSSR count). The van der Waals surface area contributed by atoms with E-state index in [1.807, 2.05) is 19.9 Å². The number of aliphatic hydroxyl groups excluding tert-OH is 1. The predicted octanol–water partition coefficient (Wildman–Crippen LogP) is 4.35. The van der Waals surface area contributed by atoms with E-state index in [0.29, 0.717) is 11.3 Å². The van der Waals surface area contributed by atoms with E-state index in [4.69, 9.17) is 4.74 Å². The second-order valence-corrected chi connectivity index (χ2v) is 7.91. The Morgan fingerprint density at radius 1 is 0.970 bits per heavy atom. The number of hydrogen-bond donors (Lipinski definition) is 3. The van der Waals surface area contributed by atoms with E-state index in [0.717, 1.165) is 16.0 Å². The van der Waals surface area contributed by atoms with Gasteiger partial charge in [0, 0.05) is 0 Å². The summed E-state index contributed by atoms with van der Waals surface area (Å²) in [4.78, 5) is 27.6. The summed E-state index contributed by atoms with van der Waals surface area (Å²) >= 11 is 0. The van der Waals surface area contributed by atoms with Crippen LogP contribution in [-0.4, -0.2) is 34.1 Å². The third-order valence-corrected chi connectivity index (χ3v) is 5.67. The fourth-order valence-corrected chi connectivity index (χ4v) is 4.27. The van der Waals surface area contributed by atoms with E-state index >= 15 is 0 Å². The number of aromatic hydroxyl groups is 2. The summed E-state index contributed by atoms with van der Waals surface area (Å²) in [6.45, 7) is 3.67. The van der Waals surface area contributed by atoms with Crippen LogP contribution in [-0.2, 0) is 9.59 Å². The van der Waals surface area contributed by atoms with E-state index in [2.05, 4.69) is 0 Å². The van der Waals surface area contributed by atoms with Gasteiger partial charge in [-0.1, -0.05) is 30.3 Å². The summed E-state index contributed by atoms with van der Waals surface area (Å²) in [6, 6.07) is 14.7. The molecule has 1 amide bonds. The SMILES string of the molecule is COc1c(C)cc(C)cc1/C(O)=C1\C(=O)C(=O)N(c2ccccc2O)C1c1ccc(O)cc1. The quantitative estimate of drug-likeness (QED) is 0.313. The molecule has 1 saturated heterocycles. The van der Waals surface area contributed by atoms with E-state index in [9.17, 15) is 24.9 Å². The highest BCUT2D eigenvalue weighted by Gasteiger charge is 2.48. The van der Waals surface area contributed by atoms with Gasteiger partial charge in [0.15, 0.2) is 0 Å². The van der Waals surface area contributed by atoms with Crippen molar-refractivity contribution in [2.75, 3.05) is 12.0 Å². The zero-order valence-corrected chi connectivity index (χ0v) is 18.4. The molecule has 0 spiro atoms. The topological polar surface area (TPSA) is 107 Å². The minimum atomic E-state index is -1.04. The number of carbonyl (C=O) groups excluding carboxylic acids is 2. The Morgan fingerprint density at radius 3 is 2.27 bits per heavy atom. The van der Waals surface area contributed by atoms with Crippen molar-refractivity contribution in [3.05, 3.63) is 88.5 Å². The molecule has 7 heteroatoms. The van der Waals surface area contributed by atoms with Gasteiger partial charge < -0.3 is 20.1 Å². The molecule has 1 aliphatic rings. The third-order valence-electron chi connectivity index (χ3n) is 5.67. The first-order valence-corrected chi connectivity index (χ1v) is 10.3. The number of amides is 1. The molecule has 1 aliphatic heterocycles. The molecule has 0 saturated carbocycles. The molecule has 168 valence electrons. The molecule has 3 aromatic rings. The van der Waals surface area contributed by atoms with Crippen molar-refractivity contribution in [3.8, 4) is 17.2 Å².